The van der Waals surface area contributed by atoms with Gasteiger partial charge in [0.2, 0.25) is 5.91 Å². The van der Waals surface area contributed by atoms with Gasteiger partial charge >= 0.3 is 0 Å². The maximum Gasteiger partial charge on any atom is 0.228 e. The van der Waals surface area contributed by atoms with Crippen molar-refractivity contribution in [2.24, 2.45) is 0 Å². The summed E-state index contributed by atoms with van der Waals surface area (Å²) in [7, 11) is 0. The number of nitrogens with two attached hydrogens (primary N) is 1. The highest BCUT2D eigenvalue weighted by Gasteiger charge is 2.07. The van der Waals surface area contributed by atoms with Crippen molar-refractivity contribution < 1.29 is 9.53 Å². The van der Waals surface area contributed by atoms with Crippen LogP contribution in [0.2, 0.25) is 0 Å². The lowest BCUT2D eigenvalue weighted by molar-refractivity contribution is -0.115. The van der Waals surface area contributed by atoms with Crippen molar-refractivity contribution in [2.45, 2.75) is 20.3 Å². The molecule has 0 aliphatic rings. The SMILES string of the molecule is CCOc1ccc(CC(=O)Nc2ccc(C)cc2N)cc1. The zero-order valence-corrected chi connectivity index (χ0v) is 12.3. The lowest BCUT2D eigenvalue weighted by Crippen LogP contribution is -2.15. The van der Waals surface area contributed by atoms with Crippen LogP contribution in [0.4, 0.5) is 11.4 Å². The van der Waals surface area contributed by atoms with E-state index in [9.17, 15) is 4.79 Å². The molecule has 110 valence electrons. The summed E-state index contributed by atoms with van der Waals surface area (Å²) >= 11 is 0. The highest BCUT2D eigenvalue weighted by atomic mass is 16.5. The number of aryl methyl sites for hydroxylation is 1. The monoisotopic (exact) mass is 284 g/mol. The lowest BCUT2D eigenvalue weighted by atomic mass is 10.1. The quantitative estimate of drug-likeness (QED) is 0.829. The van der Waals surface area contributed by atoms with E-state index in [2.05, 4.69) is 5.32 Å². The summed E-state index contributed by atoms with van der Waals surface area (Å²) in [5.74, 6) is 0.721. The van der Waals surface area contributed by atoms with E-state index in [1.165, 1.54) is 0 Å². The molecule has 0 aliphatic carbocycles. The first kappa shape index (κ1) is 14.9. The minimum absolute atomic E-state index is 0.0882. The molecule has 2 aromatic carbocycles. The molecule has 2 aromatic rings. The Morgan fingerprint density at radius 2 is 1.90 bits per heavy atom. The minimum Gasteiger partial charge on any atom is -0.494 e. The number of anilines is 2. The summed E-state index contributed by atoms with van der Waals surface area (Å²) in [6, 6.07) is 13.1. The number of carbonyl (C=O) groups is 1. The summed E-state index contributed by atoms with van der Waals surface area (Å²) in [5.41, 5.74) is 9.11. The number of ether oxygens (including phenoxy) is 1. The molecule has 2 rings (SSSR count). The third kappa shape index (κ3) is 4.24. The second-order valence-electron chi connectivity index (χ2n) is 4.89. The number of amides is 1. The number of nitrogens with one attached hydrogen (secondary N) is 1. The fourth-order valence-corrected chi connectivity index (χ4v) is 2.05. The first-order valence-electron chi connectivity index (χ1n) is 6.96. The first-order valence-corrected chi connectivity index (χ1v) is 6.96. The molecule has 0 aromatic heterocycles. The Labute approximate surface area is 124 Å². The van der Waals surface area contributed by atoms with Crippen LogP contribution in [0, 0.1) is 6.92 Å². The molecule has 4 heteroatoms. The standard InChI is InChI=1S/C17H20N2O2/c1-3-21-14-7-5-13(6-8-14)11-17(20)19-16-9-4-12(2)10-15(16)18/h4-10H,3,11,18H2,1-2H3,(H,19,20). The summed E-state index contributed by atoms with van der Waals surface area (Å²) < 4.78 is 5.37. The van der Waals surface area contributed by atoms with E-state index in [0.717, 1.165) is 16.9 Å². The number of nitrogen functional groups attached to an aromatic ring is 1. The highest BCUT2D eigenvalue weighted by molar-refractivity contribution is 5.95. The molecule has 1 amide bonds. The lowest BCUT2D eigenvalue weighted by Gasteiger charge is -2.09. The van der Waals surface area contributed by atoms with Crippen LogP contribution in [0.25, 0.3) is 0 Å². The van der Waals surface area contributed by atoms with Crippen molar-refractivity contribution in [1.29, 1.82) is 0 Å². The molecule has 0 atom stereocenters. The van der Waals surface area contributed by atoms with Crippen LogP contribution in [-0.2, 0) is 11.2 Å². The van der Waals surface area contributed by atoms with Gasteiger partial charge in [-0.3, -0.25) is 4.79 Å². The van der Waals surface area contributed by atoms with Crippen LogP contribution in [0.1, 0.15) is 18.1 Å². The molecule has 0 bridgehead atoms. The molecule has 4 nitrogen and oxygen atoms in total. The van der Waals surface area contributed by atoms with E-state index in [4.69, 9.17) is 10.5 Å². The van der Waals surface area contributed by atoms with Gasteiger partial charge in [-0.05, 0) is 49.2 Å². The predicted molar refractivity (Wildman–Crippen MR) is 85.5 cm³/mol. The second kappa shape index (κ2) is 6.79. The summed E-state index contributed by atoms with van der Waals surface area (Å²) in [5, 5.41) is 2.83. The maximum atomic E-state index is 12.0. The van der Waals surface area contributed by atoms with E-state index < -0.39 is 0 Å². The molecule has 0 spiro atoms. The molecule has 0 unspecified atom stereocenters. The van der Waals surface area contributed by atoms with E-state index in [0.29, 0.717) is 24.4 Å². The number of rotatable bonds is 5. The van der Waals surface area contributed by atoms with E-state index in [1.54, 1.807) is 0 Å². The van der Waals surface area contributed by atoms with E-state index >= 15 is 0 Å². The molecule has 0 heterocycles. The zero-order valence-electron chi connectivity index (χ0n) is 12.3. The fraction of sp³-hybridized carbons (Fsp3) is 0.235. The molecule has 0 radical (unpaired) electrons. The number of hydrogen-bond donors (Lipinski definition) is 2. The van der Waals surface area contributed by atoms with Gasteiger partial charge in [0.1, 0.15) is 5.75 Å². The molecular formula is C17H20N2O2. The smallest absolute Gasteiger partial charge is 0.228 e. The normalized spacial score (nSPS) is 10.2. The molecule has 3 N–H and O–H groups in total. The van der Waals surface area contributed by atoms with Crippen molar-refractivity contribution >= 4 is 17.3 Å². The molecule has 0 fully saturated rings. The van der Waals surface area contributed by atoms with E-state index in [1.807, 2.05) is 56.3 Å². The van der Waals surface area contributed by atoms with Gasteiger partial charge < -0.3 is 15.8 Å². The second-order valence-corrected chi connectivity index (χ2v) is 4.89. The Bertz CT molecular complexity index is 621. The number of hydrogen-bond acceptors (Lipinski definition) is 3. The first-order chi connectivity index (χ1) is 10.1. The van der Waals surface area contributed by atoms with Gasteiger partial charge in [0.25, 0.3) is 0 Å². The van der Waals surface area contributed by atoms with Crippen LogP contribution in [-0.4, -0.2) is 12.5 Å². The Morgan fingerprint density at radius 3 is 2.52 bits per heavy atom. The largest absolute Gasteiger partial charge is 0.494 e. The van der Waals surface area contributed by atoms with Gasteiger partial charge in [-0.1, -0.05) is 18.2 Å². The van der Waals surface area contributed by atoms with Gasteiger partial charge in [-0.15, -0.1) is 0 Å². The third-order valence-corrected chi connectivity index (χ3v) is 3.08. The van der Waals surface area contributed by atoms with Crippen molar-refractivity contribution in [1.82, 2.24) is 0 Å². The zero-order chi connectivity index (χ0) is 15.2. The third-order valence-electron chi connectivity index (χ3n) is 3.08. The Morgan fingerprint density at radius 1 is 1.19 bits per heavy atom. The van der Waals surface area contributed by atoms with Gasteiger partial charge in [0, 0.05) is 0 Å². The minimum atomic E-state index is -0.0882. The van der Waals surface area contributed by atoms with Crippen LogP contribution < -0.4 is 15.8 Å². The van der Waals surface area contributed by atoms with Crippen molar-refractivity contribution in [3.8, 4) is 5.75 Å². The Hall–Kier alpha value is -2.49. The summed E-state index contributed by atoms with van der Waals surface area (Å²) in [6.45, 7) is 4.53. The molecule has 0 saturated carbocycles. The molecule has 0 aliphatic heterocycles. The Kier molecular flexibility index (Phi) is 4.82. The van der Waals surface area contributed by atoms with Gasteiger partial charge in [-0.25, -0.2) is 0 Å². The summed E-state index contributed by atoms with van der Waals surface area (Å²) in [6.07, 6.45) is 0.305. The molecule has 0 saturated heterocycles. The van der Waals surface area contributed by atoms with Crippen molar-refractivity contribution in [3.63, 3.8) is 0 Å². The van der Waals surface area contributed by atoms with Crippen molar-refractivity contribution in [2.75, 3.05) is 17.7 Å². The van der Waals surface area contributed by atoms with Crippen molar-refractivity contribution in [3.05, 3.63) is 53.6 Å². The van der Waals surface area contributed by atoms with Crippen LogP contribution in [0.5, 0.6) is 5.75 Å². The Balaban J connectivity index is 1.98. The van der Waals surface area contributed by atoms with Gasteiger partial charge in [0.05, 0.1) is 24.4 Å². The van der Waals surface area contributed by atoms with Gasteiger partial charge in [0.15, 0.2) is 0 Å². The van der Waals surface area contributed by atoms with Crippen LogP contribution in [0.3, 0.4) is 0 Å². The summed E-state index contributed by atoms with van der Waals surface area (Å²) in [4.78, 5) is 12.0. The molecular weight excluding hydrogens is 264 g/mol. The molecule has 21 heavy (non-hydrogen) atoms. The van der Waals surface area contributed by atoms with Gasteiger partial charge in [-0.2, -0.15) is 0 Å². The number of carbonyl (C=O) groups excluding carboxylic acids is 1. The number of benzene rings is 2. The van der Waals surface area contributed by atoms with Crippen LogP contribution in [0.15, 0.2) is 42.5 Å². The fourth-order valence-electron chi connectivity index (χ4n) is 2.05. The predicted octanol–water partition coefficient (Wildman–Crippen LogP) is 3.16. The average molecular weight is 284 g/mol. The maximum absolute atomic E-state index is 12.0. The average Bonchev–Trinajstić information content (AvgIpc) is 2.44. The van der Waals surface area contributed by atoms with Crippen LogP contribution >= 0.6 is 0 Å². The topological polar surface area (TPSA) is 64.3 Å². The van der Waals surface area contributed by atoms with E-state index in [-0.39, 0.29) is 5.91 Å². The highest BCUT2D eigenvalue weighted by Crippen LogP contribution is 2.20.